The van der Waals surface area contributed by atoms with Gasteiger partial charge in [0, 0.05) is 36.3 Å². The van der Waals surface area contributed by atoms with Gasteiger partial charge in [-0.25, -0.2) is 0 Å². The average Bonchev–Trinajstić information content (AvgIpc) is 2.96. The number of carbonyl (C=O) groups is 1. The Bertz CT molecular complexity index is 1430. The number of aliphatic hydroxyl groups excluding tert-OH is 1. The van der Waals surface area contributed by atoms with Gasteiger partial charge in [0.1, 0.15) is 0 Å². The Labute approximate surface area is 221 Å². The standard InChI is InChI=1S/C31H27N3O4/c32-20-24-8-4-7-23(17-24)18-28(21-35)30(19-22-5-2-1-3-6-22)33-31(36)27-11-9-25(10-12-27)26-13-15-29(16-14-26)34(37)38/h1-17,28,30,35H,18-19,21H2,(H,33,36). The largest absolute Gasteiger partial charge is 0.396 e. The SMILES string of the molecule is N#Cc1cccc(CC(CO)C(Cc2ccccc2)NC(=O)c2ccc(-c3ccc([N+](=O)[O-])cc3)cc2)c1. The van der Waals surface area contributed by atoms with Crippen LogP contribution in [-0.2, 0) is 12.8 Å². The van der Waals surface area contributed by atoms with Crippen LogP contribution in [0, 0.1) is 27.4 Å². The molecule has 0 aliphatic rings. The summed E-state index contributed by atoms with van der Waals surface area (Å²) in [7, 11) is 0. The fourth-order valence-electron chi connectivity index (χ4n) is 4.45. The molecule has 0 saturated carbocycles. The van der Waals surface area contributed by atoms with Crippen LogP contribution in [0.1, 0.15) is 27.0 Å². The van der Waals surface area contributed by atoms with E-state index in [1.165, 1.54) is 12.1 Å². The number of hydrogen-bond donors (Lipinski definition) is 2. The first kappa shape index (κ1) is 26.3. The summed E-state index contributed by atoms with van der Waals surface area (Å²) < 4.78 is 0. The molecule has 0 spiro atoms. The van der Waals surface area contributed by atoms with Crippen LogP contribution in [0.4, 0.5) is 5.69 Å². The molecule has 1 amide bonds. The van der Waals surface area contributed by atoms with Crippen LogP contribution in [0.5, 0.6) is 0 Å². The number of nitrogens with zero attached hydrogens (tertiary/aromatic N) is 2. The lowest BCUT2D eigenvalue weighted by atomic mass is 9.88. The third-order valence-corrected chi connectivity index (χ3v) is 6.53. The number of non-ortho nitro benzene ring substituents is 1. The van der Waals surface area contributed by atoms with E-state index in [1.54, 1.807) is 48.5 Å². The molecule has 7 heteroatoms. The second-order valence-corrected chi connectivity index (χ2v) is 9.11. The number of nitrogens with one attached hydrogen (secondary N) is 1. The van der Waals surface area contributed by atoms with Crippen molar-refractivity contribution in [2.45, 2.75) is 18.9 Å². The first-order valence-electron chi connectivity index (χ1n) is 12.3. The van der Waals surface area contributed by atoms with Crippen molar-refractivity contribution >= 4 is 11.6 Å². The van der Waals surface area contributed by atoms with E-state index in [1.807, 2.05) is 42.5 Å². The molecule has 38 heavy (non-hydrogen) atoms. The molecule has 2 unspecified atom stereocenters. The summed E-state index contributed by atoms with van der Waals surface area (Å²) in [6.07, 6.45) is 1.04. The van der Waals surface area contributed by atoms with Crippen molar-refractivity contribution in [3.8, 4) is 17.2 Å². The molecule has 4 aromatic carbocycles. The van der Waals surface area contributed by atoms with E-state index in [0.717, 1.165) is 22.3 Å². The molecular formula is C31H27N3O4. The number of nitro benzene ring substituents is 1. The molecule has 4 aromatic rings. The highest BCUT2D eigenvalue weighted by atomic mass is 16.6. The molecule has 0 bridgehead atoms. The second-order valence-electron chi connectivity index (χ2n) is 9.11. The molecule has 0 aliphatic carbocycles. The topological polar surface area (TPSA) is 116 Å². The van der Waals surface area contributed by atoms with Gasteiger partial charge in [-0.05, 0) is 71.5 Å². The van der Waals surface area contributed by atoms with Crippen molar-refractivity contribution in [2.24, 2.45) is 5.92 Å². The maximum Gasteiger partial charge on any atom is 0.269 e. The van der Waals surface area contributed by atoms with Gasteiger partial charge in [-0.1, -0.05) is 54.6 Å². The quantitative estimate of drug-likeness (QED) is 0.223. The van der Waals surface area contributed by atoms with Crippen LogP contribution in [-0.4, -0.2) is 28.6 Å². The van der Waals surface area contributed by atoms with Gasteiger partial charge in [-0.2, -0.15) is 5.26 Å². The predicted molar refractivity (Wildman–Crippen MR) is 145 cm³/mol. The number of benzene rings is 4. The maximum atomic E-state index is 13.3. The van der Waals surface area contributed by atoms with E-state index in [4.69, 9.17) is 0 Å². The number of nitro groups is 1. The van der Waals surface area contributed by atoms with Gasteiger partial charge in [0.15, 0.2) is 0 Å². The molecule has 2 N–H and O–H groups in total. The Morgan fingerprint density at radius 3 is 2.11 bits per heavy atom. The minimum Gasteiger partial charge on any atom is -0.396 e. The number of amides is 1. The van der Waals surface area contributed by atoms with E-state index in [-0.39, 0.29) is 30.2 Å². The number of rotatable bonds is 10. The zero-order valence-corrected chi connectivity index (χ0v) is 20.7. The van der Waals surface area contributed by atoms with Gasteiger partial charge in [0.05, 0.1) is 16.6 Å². The first-order chi connectivity index (χ1) is 18.5. The van der Waals surface area contributed by atoms with Gasteiger partial charge in [0.25, 0.3) is 11.6 Å². The molecular weight excluding hydrogens is 478 g/mol. The van der Waals surface area contributed by atoms with Gasteiger partial charge in [-0.15, -0.1) is 0 Å². The maximum absolute atomic E-state index is 13.3. The molecule has 0 aromatic heterocycles. The molecule has 190 valence electrons. The predicted octanol–water partition coefficient (Wildman–Crippen LogP) is 5.33. The Hall–Kier alpha value is -4.80. The fourth-order valence-corrected chi connectivity index (χ4v) is 4.45. The molecule has 0 fully saturated rings. The normalized spacial score (nSPS) is 12.2. The molecule has 2 atom stereocenters. The van der Waals surface area contributed by atoms with Crippen molar-refractivity contribution in [2.75, 3.05) is 6.61 Å². The van der Waals surface area contributed by atoms with E-state index in [2.05, 4.69) is 11.4 Å². The van der Waals surface area contributed by atoms with E-state index in [0.29, 0.717) is 24.0 Å². The summed E-state index contributed by atoms with van der Waals surface area (Å²) >= 11 is 0. The van der Waals surface area contributed by atoms with Crippen LogP contribution in [0.25, 0.3) is 11.1 Å². The number of hydrogen-bond acceptors (Lipinski definition) is 5. The third kappa shape index (κ3) is 6.69. The fraction of sp³-hybridized carbons (Fsp3) is 0.161. The minimum atomic E-state index is -0.442. The van der Waals surface area contributed by atoms with Crippen molar-refractivity contribution in [3.05, 3.63) is 135 Å². The third-order valence-electron chi connectivity index (χ3n) is 6.53. The molecule has 0 aliphatic heterocycles. The summed E-state index contributed by atoms with van der Waals surface area (Å²) in [5.41, 5.74) is 4.64. The average molecular weight is 506 g/mol. The Balaban J connectivity index is 1.53. The molecule has 0 heterocycles. The van der Waals surface area contributed by atoms with E-state index < -0.39 is 4.92 Å². The van der Waals surface area contributed by atoms with Crippen molar-refractivity contribution < 1.29 is 14.8 Å². The Kier molecular flexibility index (Phi) is 8.60. The molecule has 0 radical (unpaired) electrons. The second kappa shape index (κ2) is 12.4. The number of carbonyl (C=O) groups excluding carboxylic acids is 1. The highest BCUT2D eigenvalue weighted by Gasteiger charge is 2.24. The number of aliphatic hydroxyl groups is 1. The highest BCUT2D eigenvalue weighted by molar-refractivity contribution is 5.95. The zero-order valence-electron chi connectivity index (χ0n) is 20.7. The summed E-state index contributed by atoms with van der Waals surface area (Å²) in [5.74, 6) is -0.530. The summed E-state index contributed by atoms with van der Waals surface area (Å²) in [6, 6.07) is 32.2. The van der Waals surface area contributed by atoms with Crippen molar-refractivity contribution in [1.82, 2.24) is 5.32 Å². The smallest absolute Gasteiger partial charge is 0.269 e. The van der Waals surface area contributed by atoms with Crippen molar-refractivity contribution in [1.29, 1.82) is 5.26 Å². The molecule has 4 rings (SSSR count). The van der Waals surface area contributed by atoms with Gasteiger partial charge >= 0.3 is 0 Å². The van der Waals surface area contributed by atoms with Gasteiger partial charge < -0.3 is 10.4 Å². The van der Waals surface area contributed by atoms with Crippen LogP contribution in [0.3, 0.4) is 0 Å². The van der Waals surface area contributed by atoms with Crippen molar-refractivity contribution in [3.63, 3.8) is 0 Å². The van der Waals surface area contributed by atoms with Crippen LogP contribution >= 0.6 is 0 Å². The molecule has 0 saturated heterocycles. The Morgan fingerprint density at radius 1 is 0.868 bits per heavy atom. The zero-order chi connectivity index (χ0) is 26.9. The molecule has 7 nitrogen and oxygen atoms in total. The van der Waals surface area contributed by atoms with Crippen LogP contribution in [0.15, 0.2) is 103 Å². The highest BCUT2D eigenvalue weighted by Crippen LogP contribution is 2.23. The Morgan fingerprint density at radius 2 is 1.50 bits per heavy atom. The van der Waals surface area contributed by atoms with Crippen LogP contribution < -0.4 is 5.32 Å². The van der Waals surface area contributed by atoms with E-state index >= 15 is 0 Å². The summed E-state index contributed by atoms with van der Waals surface area (Å²) in [5, 5.41) is 33.6. The first-order valence-corrected chi connectivity index (χ1v) is 12.3. The van der Waals surface area contributed by atoms with Gasteiger partial charge in [-0.3, -0.25) is 14.9 Å². The van der Waals surface area contributed by atoms with Crippen LogP contribution in [0.2, 0.25) is 0 Å². The minimum absolute atomic E-state index is 0.0204. The summed E-state index contributed by atoms with van der Waals surface area (Å²) in [4.78, 5) is 23.7. The number of nitriles is 1. The van der Waals surface area contributed by atoms with Gasteiger partial charge in [0.2, 0.25) is 0 Å². The summed E-state index contributed by atoms with van der Waals surface area (Å²) in [6.45, 7) is -0.131. The lowest BCUT2D eigenvalue weighted by molar-refractivity contribution is -0.384. The monoisotopic (exact) mass is 505 g/mol. The lowest BCUT2D eigenvalue weighted by Crippen LogP contribution is -2.44. The lowest BCUT2D eigenvalue weighted by Gasteiger charge is -2.27. The van der Waals surface area contributed by atoms with E-state index in [9.17, 15) is 25.3 Å².